The normalized spacial score (nSPS) is 38.9. The molecule has 0 aromatic carbocycles. The highest BCUT2D eigenvalue weighted by Gasteiger charge is 2.54. The van der Waals surface area contributed by atoms with Crippen molar-refractivity contribution in [2.45, 2.75) is 45.6 Å². The molecule has 2 rings (SSSR count). The Bertz CT molecular complexity index is 313. The summed E-state index contributed by atoms with van der Waals surface area (Å²) in [6, 6.07) is 0. The third-order valence-corrected chi connectivity index (χ3v) is 5.10. The van der Waals surface area contributed by atoms with Gasteiger partial charge in [0.15, 0.2) is 0 Å². The summed E-state index contributed by atoms with van der Waals surface area (Å²) in [6.45, 7) is 5.66. The Hall–Kier alpha value is -0.380. The summed E-state index contributed by atoms with van der Waals surface area (Å²) in [6.07, 6.45) is 6.43. The summed E-state index contributed by atoms with van der Waals surface area (Å²) in [5, 5.41) is 10.2. The van der Waals surface area contributed by atoms with Crippen molar-refractivity contribution in [3.63, 3.8) is 0 Å². The molecule has 0 aromatic heterocycles. The average Bonchev–Trinajstić information content (AvgIpc) is 2.78. The Morgan fingerprint density at radius 3 is 2.94 bits per heavy atom. The van der Waals surface area contributed by atoms with E-state index < -0.39 is 0 Å². The van der Waals surface area contributed by atoms with Crippen LogP contribution in [-0.4, -0.2) is 31.7 Å². The van der Waals surface area contributed by atoms with Crippen molar-refractivity contribution in [1.29, 1.82) is 0 Å². The van der Waals surface area contributed by atoms with Crippen LogP contribution in [0.4, 0.5) is 0 Å². The zero-order chi connectivity index (χ0) is 13.2. The van der Waals surface area contributed by atoms with Crippen molar-refractivity contribution in [3.05, 3.63) is 11.6 Å². The van der Waals surface area contributed by atoms with Crippen molar-refractivity contribution in [2.24, 2.45) is 17.3 Å². The van der Waals surface area contributed by atoms with Crippen molar-refractivity contribution >= 4 is 0 Å². The number of allylic oxidation sites excluding steroid dienone is 1. The summed E-state index contributed by atoms with van der Waals surface area (Å²) in [4.78, 5) is 0. The van der Waals surface area contributed by atoms with Crippen LogP contribution in [0.3, 0.4) is 0 Å². The number of rotatable bonds is 6. The fraction of sp³-hybridized carbons (Fsp3) is 0.867. The van der Waals surface area contributed by atoms with E-state index in [1.807, 2.05) is 0 Å². The number of fused-ring (bicyclic) bond motifs is 1. The lowest BCUT2D eigenvalue weighted by Crippen LogP contribution is -2.33. The van der Waals surface area contributed by atoms with E-state index in [1.54, 1.807) is 7.11 Å². The van der Waals surface area contributed by atoms with E-state index in [4.69, 9.17) is 9.47 Å². The quantitative estimate of drug-likeness (QED) is 0.450. The number of methoxy groups -OCH3 is 1. The third kappa shape index (κ3) is 2.24. The molecule has 1 N–H and O–H groups in total. The van der Waals surface area contributed by atoms with Crippen molar-refractivity contribution in [1.82, 2.24) is 0 Å². The molecule has 0 aromatic rings. The van der Waals surface area contributed by atoms with Crippen LogP contribution >= 0.6 is 0 Å². The minimum absolute atomic E-state index is 0.227. The van der Waals surface area contributed by atoms with Gasteiger partial charge in [0, 0.05) is 13.7 Å². The Morgan fingerprint density at radius 1 is 1.44 bits per heavy atom. The molecule has 3 nitrogen and oxygen atoms in total. The monoisotopic (exact) mass is 254 g/mol. The van der Waals surface area contributed by atoms with Gasteiger partial charge in [0.25, 0.3) is 0 Å². The third-order valence-electron chi connectivity index (χ3n) is 5.10. The zero-order valence-corrected chi connectivity index (χ0v) is 11.8. The summed E-state index contributed by atoms with van der Waals surface area (Å²) >= 11 is 0. The first-order valence-corrected chi connectivity index (χ1v) is 7.06. The minimum atomic E-state index is -0.227. The van der Waals surface area contributed by atoms with Crippen LogP contribution in [0.15, 0.2) is 11.6 Å². The summed E-state index contributed by atoms with van der Waals surface area (Å²) < 4.78 is 10.3. The molecule has 3 heteroatoms. The Morgan fingerprint density at radius 2 is 2.22 bits per heavy atom. The summed E-state index contributed by atoms with van der Waals surface area (Å²) in [5.74, 6) is 1.12. The Kier molecular flexibility index (Phi) is 4.46. The fourth-order valence-electron chi connectivity index (χ4n) is 4.23. The molecule has 2 aliphatic carbocycles. The average molecular weight is 254 g/mol. The van der Waals surface area contributed by atoms with Crippen LogP contribution in [0.1, 0.15) is 39.5 Å². The molecule has 1 fully saturated rings. The first kappa shape index (κ1) is 14.0. The maximum atomic E-state index is 10.2. The van der Waals surface area contributed by atoms with Gasteiger partial charge in [0.1, 0.15) is 6.79 Å². The first-order valence-electron chi connectivity index (χ1n) is 7.06. The topological polar surface area (TPSA) is 38.7 Å². The molecular formula is C15H26O3. The fourth-order valence-corrected chi connectivity index (χ4v) is 4.23. The number of hydrogen-bond donors (Lipinski definition) is 1. The molecule has 0 spiro atoms. The molecule has 1 saturated carbocycles. The van der Waals surface area contributed by atoms with Gasteiger partial charge in [-0.3, -0.25) is 0 Å². The minimum Gasteiger partial charge on any atom is -0.389 e. The smallest absolute Gasteiger partial charge is 0.146 e. The van der Waals surface area contributed by atoms with E-state index in [-0.39, 0.29) is 11.5 Å². The molecule has 0 amide bonds. The van der Waals surface area contributed by atoms with Crippen LogP contribution in [0, 0.1) is 17.3 Å². The second-order valence-electron chi connectivity index (χ2n) is 5.88. The lowest BCUT2D eigenvalue weighted by Gasteiger charge is -2.37. The van der Waals surface area contributed by atoms with E-state index in [9.17, 15) is 5.11 Å². The molecule has 0 bridgehead atoms. The number of ether oxygens (including phenoxy) is 2. The maximum Gasteiger partial charge on any atom is 0.146 e. The van der Waals surface area contributed by atoms with E-state index in [0.29, 0.717) is 18.6 Å². The van der Waals surface area contributed by atoms with E-state index >= 15 is 0 Å². The largest absolute Gasteiger partial charge is 0.389 e. The van der Waals surface area contributed by atoms with Crippen molar-refractivity contribution in [2.75, 3.05) is 20.5 Å². The zero-order valence-electron chi connectivity index (χ0n) is 11.8. The Labute approximate surface area is 110 Å². The van der Waals surface area contributed by atoms with E-state index in [0.717, 1.165) is 25.9 Å². The lowest BCUT2D eigenvalue weighted by atomic mass is 9.68. The number of aliphatic hydroxyl groups excluding tert-OH is 1. The van der Waals surface area contributed by atoms with E-state index in [1.165, 1.54) is 12.0 Å². The van der Waals surface area contributed by atoms with Crippen LogP contribution < -0.4 is 0 Å². The van der Waals surface area contributed by atoms with Crippen LogP contribution in [-0.2, 0) is 9.47 Å². The van der Waals surface area contributed by atoms with Gasteiger partial charge < -0.3 is 14.6 Å². The molecule has 18 heavy (non-hydrogen) atoms. The van der Waals surface area contributed by atoms with E-state index in [2.05, 4.69) is 19.9 Å². The first-order chi connectivity index (χ1) is 8.63. The highest BCUT2D eigenvalue weighted by Crippen LogP contribution is 2.60. The van der Waals surface area contributed by atoms with Crippen LogP contribution in [0.5, 0.6) is 0 Å². The number of hydrogen-bond acceptors (Lipinski definition) is 3. The number of aliphatic hydroxyl groups is 1. The van der Waals surface area contributed by atoms with Gasteiger partial charge in [-0.05, 0) is 49.9 Å². The van der Waals surface area contributed by atoms with Gasteiger partial charge >= 0.3 is 0 Å². The van der Waals surface area contributed by atoms with Gasteiger partial charge in [-0.15, -0.1) is 0 Å². The maximum absolute atomic E-state index is 10.2. The van der Waals surface area contributed by atoms with Gasteiger partial charge in [-0.25, -0.2) is 0 Å². The van der Waals surface area contributed by atoms with Crippen molar-refractivity contribution < 1.29 is 14.6 Å². The molecule has 0 aliphatic heterocycles. The molecule has 0 saturated heterocycles. The summed E-state index contributed by atoms with van der Waals surface area (Å²) in [7, 11) is 1.65. The second kappa shape index (κ2) is 5.72. The molecule has 0 radical (unpaired) electrons. The highest BCUT2D eigenvalue weighted by atomic mass is 16.7. The predicted octanol–water partition coefficient (Wildman–Crippen LogP) is 2.74. The van der Waals surface area contributed by atoms with Crippen molar-refractivity contribution in [3.8, 4) is 0 Å². The highest BCUT2D eigenvalue weighted by molar-refractivity contribution is 5.28. The summed E-state index contributed by atoms with van der Waals surface area (Å²) in [5.41, 5.74) is 1.63. The van der Waals surface area contributed by atoms with Gasteiger partial charge in [0.2, 0.25) is 0 Å². The standard InChI is InChI=1S/C15H26O3/c1-11-5-6-13-14(16)9-12(2)15(11,13)7-4-8-18-10-17-3/h9,11,13-14,16H,4-8,10H2,1-3H3/t11-,13+,14-,15-/m1/s1. The van der Waals surface area contributed by atoms with Gasteiger partial charge in [-0.1, -0.05) is 18.6 Å². The lowest BCUT2D eigenvalue weighted by molar-refractivity contribution is -0.0352. The molecule has 0 heterocycles. The molecule has 2 aliphatic rings. The van der Waals surface area contributed by atoms with Gasteiger partial charge in [0.05, 0.1) is 6.10 Å². The van der Waals surface area contributed by atoms with Crippen LogP contribution in [0.2, 0.25) is 0 Å². The molecule has 104 valence electrons. The Balaban J connectivity index is 1.96. The van der Waals surface area contributed by atoms with Gasteiger partial charge in [-0.2, -0.15) is 0 Å². The van der Waals surface area contributed by atoms with Crippen LogP contribution in [0.25, 0.3) is 0 Å². The second-order valence-corrected chi connectivity index (χ2v) is 5.88. The predicted molar refractivity (Wildman–Crippen MR) is 71.1 cm³/mol. The molecule has 4 atom stereocenters. The molecular weight excluding hydrogens is 228 g/mol. The molecule has 0 unspecified atom stereocenters. The SMILES string of the molecule is COCOCCC[C@@]12C(C)=C[C@@H](O)[C@@H]1CC[C@H]2C.